The highest BCUT2D eigenvalue weighted by Crippen LogP contribution is 2.26. The molecule has 1 aromatic heterocycles. The lowest BCUT2D eigenvalue weighted by molar-refractivity contribution is 0.154. The van der Waals surface area contributed by atoms with Crippen molar-refractivity contribution in [2.24, 2.45) is 0 Å². The second-order valence-electron chi connectivity index (χ2n) is 6.20. The quantitative estimate of drug-likeness (QED) is 0.463. The van der Waals surface area contributed by atoms with Gasteiger partial charge in [-0.3, -0.25) is 0 Å². The minimum absolute atomic E-state index is 0.236. The summed E-state index contributed by atoms with van der Waals surface area (Å²) in [5.41, 5.74) is 2.41. The van der Waals surface area contributed by atoms with E-state index in [-0.39, 0.29) is 12.4 Å². The molecular weight excluding hydrogens is 350 g/mol. The van der Waals surface area contributed by atoms with Gasteiger partial charge in [0.2, 0.25) is 0 Å². The van der Waals surface area contributed by atoms with E-state index in [1.165, 1.54) is 4.57 Å². The minimum Gasteiger partial charge on any atom is -0.449 e. The number of aromatic nitrogens is 2. The Bertz CT molecular complexity index is 1260. The second-order valence-corrected chi connectivity index (χ2v) is 6.20. The van der Waals surface area contributed by atoms with Gasteiger partial charge in [0.05, 0.1) is 23.2 Å². The van der Waals surface area contributed by atoms with E-state index in [2.05, 4.69) is 11.1 Å². The molecule has 0 radical (unpaired) electrons. The summed E-state index contributed by atoms with van der Waals surface area (Å²) in [5, 5.41) is 12.0. The van der Waals surface area contributed by atoms with Crippen LogP contribution in [0.3, 0.4) is 0 Å². The maximum Gasteiger partial charge on any atom is 0.420 e. The Morgan fingerprint density at radius 3 is 2.68 bits per heavy atom. The third kappa shape index (κ3) is 3.01. The molecule has 28 heavy (non-hydrogen) atoms. The maximum absolute atomic E-state index is 12.6. The minimum atomic E-state index is -0.551. The average Bonchev–Trinajstić information content (AvgIpc) is 3.11. The predicted octanol–water partition coefficient (Wildman–Crippen LogP) is 5.26. The van der Waals surface area contributed by atoms with E-state index >= 15 is 0 Å². The van der Waals surface area contributed by atoms with Crippen molar-refractivity contribution in [2.75, 3.05) is 6.61 Å². The molecule has 0 atom stereocenters. The number of rotatable bonds is 3. The van der Waals surface area contributed by atoms with Gasteiger partial charge < -0.3 is 4.74 Å². The summed E-state index contributed by atoms with van der Waals surface area (Å²) in [6, 6.07) is 23.3. The van der Waals surface area contributed by atoms with E-state index < -0.39 is 6.09 Å². The Balaban J connectivity index is 1.95. The number of carbonyl (C=O) groups is 1. The molecule has 0 aliphatic carbocycles. The molecule has 1 heterocycles. The fourth-order valence-corrected chi connectivity index (χ4v) is 3.26. The smallest absolute Gasteiger partial charge is 0.420 e. The Labute approximate surface area is 162 Å². The zero-order chi connectivity index (χ0) is 19.5. The van der Waals surface area contributed by atoms with Crippen molar-refractivity contribution in [3.8, 4) is 6.07 Å². The molecule has 4 rings (SSSR count). The molecule has 0 aliphatic rings. The van der Waals surface area contributed by atoms with Gasteiger partial charge in [-0.05, 0) is 41.5 Å². The van der Waals surface area contributed by atoms with Crippen molar-refractivity contribution in [1.29, 1.82) is 5.26 Å². The number of benzene rings is 3. The van der Waals surface area contributed by atoms with Crippen molar-refractivity contribution >= 4 is 39.5 Å². The SMILES string of the molecule is CCOC(=O)n1c(/C(C#N)=C/c2cccc3ccccc23)nc2ccccc21. The lowest BCUT2D eigenvalue weighted by atomic mass is 10.0. The number of para-hydroxylation sites is 2. The first-order valence-electron chi connectivity index (χ1n) is 8.97. The first-order chi connectivity index (χ1) is 13.7. The second kappa shape index (κ2) is 7.37. The number of imidazole rings is 1. The number of nitrogens with zero attached hydrogens (tertiary/aromatic N) is 3. The van der Waals surface area contributed by atoms with E-state index in [0.717, 1.165) is 16.3 Å². The molecule has 4 aromatic rings. The first-order valence-corrected chi connectivity index (χ1v) is 8.97. The van der Waals surface area contributed by atoms with E-state index in [9.17, 15) is 10.1 Å². The number of hydrogen-bond acceptors (Lipinski definition) is 4. The van der Waals surface area contributed by atoms with Crippen LogP contribution in [0.15, 0.2) is 66.7 Å². The number of hydrogen-bond donors (Lipinski definition) is 0. The van der Waals surface area contributed by atoms with Crippen LogP contribution in [0.25, 0.3) is 33.5 Å². The monoisotopic (exact) mass is 367 g/mol. The van der Waals surface area contributed by atoms with Gasteiger partial charge in [0, 0.05) is 0 Å². The van der Waals surface area contributed by atoms with Gasteiger partial charge in [-0.15, -0.1) is 0 Å². The van der Waals surface area contributed by atoms with E-state index in [1.54, 1.807) is 19.1 Å². The molecule has 0 fully saturated rings. The summed E-state index contributed by atoms with van der Waals surface area (Å²) in [4.78, 5) is 17.1. The summed E-state index contributed by atoms with van der Waals surface area (Å²) in [6.45, 7) is 1.98. The average molecular weight is 367 g/mol. The van der Waals surface area contributed by atoms with Crippen molar-refractivity contribution in [1.82, 2.24) is 9.55 Å². The number of fused-ring (bicyclic) bond motifs is 2. The molecular formula is C23H17N3O2. The highest BCUT2D eigenvalue weighted by atomic mass is 16.5. The maximum atomic E-state index is 12.6. The molecule has 0 spiro atoms. The molecule has 0 saturated carbocycles. The molecule has 0 aliphatic heterocycles. The van der Waals surface area contributed by atoms with Crippen molar-refractivity contribution < 1.29 is 9.53 Å². The van der Waals surface area contributed by atoms with Crippen LogP contribution in [0.1, 0.15) is 18.3 Å². The number of allylic oxidation sites excluding steroid dienone is 1. The zero-order valence-electron chi connectivity index (χ0n) is 15.3. The Kier molecular flexibility index (Phi) is 4.61. The normalized spacial score (nSPS) is 11.5. The molecule has 0 amide bonds. The highest BCUT2D eigenvalue weighted by Gasteiger charge is 2.20. The Hall–Kier alpha value is -3.91. The molecule has 136 valence electrons. The molecule has 0 unspecified atom stereocenters. The molecule has 0 saturated heterocycles. The fourth-order valence-electron chi connectivity index (χ4n) is 3.26. The summed E-state index contributed by atoms with van der Waals surface area (Å²) < 4.78 is 6.56. The number of nitriles is 1. The van der Waals surface area contributed by atoms with E-state index in [0.29, 0.717) is 16.6 Å². The Morgan fingerprint density at radius 2 is 1.86 bits per heavy atom. The van der Waals surface area contributed by atoms with Crippen LogP contribution < -0.4 is 0 Å². The zero-order valence-corrected chi connectivity index (χ0v) is 15.3. The van der Waals surface area contributed by atoms with Crippen molar-refractivity contribution in [2.45, 2.75) is 6.92 Å². The van der Waals surface area contributed by atoms with Crippen LogP contribution in [0.5, 0.6) is 0 Å². The van der Waals surface area contributed by atoms with Crippen molar-refractivity contribution in [3.63, 3.8) is 0 Å². The van der Waals surface area contributed by atoms with Crippen LogP contribution in [0.4, 0.5) is 4.79 Å². The summed E-state index contributed by atoms with van der Waals surface area (Å²) in [5.74, 6) is 0.273. The third-order valence-electron chi connectivity index (χ3n) is 4.50. The molecule has 5 nitrogen and oxygen atoms in total. The summed E-state index contributed by atoms with van der Waals surface area (Å²) in [6.07, 6.45) is 1.21. The standard InChI is InChI=1S/C23H17N3O2/c1-2-28-23(27)26-21-13-6-5-12-20(21)25-22(26)18(15-24)14-17-10-7-9-16-8-3-4-11-19(16)17/h3-14H,2H2,1H3/b18-14+. The van der Waals surface area contributed by atoms with E-state index in [1.807, 2.05) is 60.7 Å². The van der Waals surface area contributed by atoms with Crippen molar-refractivity contribution in [3.05, 3.63) is 78.1 Å². The van der Waals surface area contributed by atoms with Gasteiger partial charge in [-0.25, -0.2) is 14.3 Å². The van der Waals surface area contributed by atoms with Gasteiger partial charge in [-0.2, -0.15) is 5.26 Å². The molecule has 0 N–H and O–H groups in total. The third-order valence-corrected chi connectivity index (χ3v) is 4.50. The van der Waals surface area contributed by atoms with Crippen LogP contribution in [-0.4, -0.2) is 22.3 Å². The fraction of sp³-hybridized carbons (Fsp3) is 0.0870. The number of carbonyl (C=O) groups excluding carboxylic acids is 1. The molecule has 3 aromatic carbocycles. The van der Waals surface area contributed by atoms with Crippen LogP contribution >= 0.6 is 0 Å². The lowest BCUT2D eigenvalue weighted by Gasteiger charge is -2.08. The molecule has 5 heteroatoms. The van der Waals surface area contributed by atoms with Crippen LogP contribution in [-0.2, 0) is 4.74 Å². The summed E-state index contributed by atoms with van der Waals surface area (Å²) >= 11 is 0. The predicted molar refractivity (Wildman–Crippen MR) is 110 cm³/mol. The van der Waals surface area contributed by atoms with Crippen LogP contribution in [0, 0.1) is 11.3 Å². The van der Waals surface area contributed by atoms with Gasteiger partial charge in [-0.1, -0.05) is 54.6 Å². The Morgan fingerprint density at radius 1 is 1.11 bits per heavy atom. The first kappa shape index (κ1) is 17.5. The van der Waals surface area contributed by atoms with Gasteiger partial charge in [0.15, 0.2) is 5.82 Å². The van der Waals surface area contributed by atoms with Gasteiger partial charge >= 0.3 is 6.09 Å². The van der Waals surface area contributed by atoms with E-state index in [4.69, 9.17) is 4.74 Å². The largest absolute Gasteiger partial charge is 0.449 e. The number of ether oxygens (including phenoxy) is 1. The van der Waals surface area contributed by atoms with Crippen LogP contribution in [0.2, 0.25) is 0 Å². The van der Waals surface area contributed by atoms with Gasteiger partial charge in [0.25, 0.3) is 0 Å². The lowest BCUT2D eigenvalue weighted by Crippen LogP contribution is -2.16. The topological polar surface area (TPSA) is 67.9 Å². The highest BCUT2D eigenvalue weighted by molar-refractivity contribution is 6.00. The summed E-state index contributed by atoms with van der Waals surface area (Å²) in [7, 11) is 0. The molecule has 0 bridgehead atoms. The van der Waals surface area contributed by atoms with Gasteiger partial charge in [0.1, 0.15) is 6.07 Å².